The van der Waals surface area contributed by atoms with Gasteiger partial charge in [-0.25, -0.2) is 4.39 Å². The van der Waals surface area contributed by atoms with Crippen molar-refractivity contribution in [2.75, 3.05) is 6.54 Å². The first-order valence-electron chi connectivity index (χ1n) is 10.5. The maximum absolute atomic E-state index is 13.2. The average Bonchev–Trinajstić information content (AvgIpc) is 3.08. The molecule has 1 fully saturated rings. The van der Waals surface area contributed by atoms with Crippen LogP contribution in [0.5, 0.6) is 0 Å². The van der Waals surface area contributed by atoms with Crippen molar-refractivity contribution in [3.05, 3.63) is 107 Å². The third-order valence-corrected chi connectivity index (χ3v) is 5.73. The predicted molar refractivity (Wildman–Crippen MR) is 119 cm³/mol. The Morgan fingerprint density at radius 3 is 2.34 bits per heavy atom. The van der Waals surface area contributed by atoms with Gasteiger partial charge in [0.2, 0.25) is 0 Å². The molecule has 1 aliphatic heterocycles. The molecule has 32 heavy (non-hydrogen) atoms. The fourth-order valence-electron chi connectivity index (χ4n) is 3.95. The molecule has 2 heterocycles. The molecule has 0 radical (unpaired) electrons. The lowest BCUT2D eigenvalue weighted by molar-refractivity contribution is -0.139. The molecule has 1 unspecified atom stereocenters. The van der Waals surface area contributed by atoms with Crippen LogP contribution in [-0.4, -0.2) is 33.2 Å². The fraction of sp³-hybridized carbons (Fsp3) is 0.192. The summed E-state index contributed by atoms with van der Waals surface area (Å²) in [6.07, 6.45) is 4.49. The maximum Gasteiger partial charge on any atom is 0.295 e. The number of pyridine rings is 1. The Morgan fingerprint density at radius 2 is 1.72 bits per heavy atom. The van der Waals surface area contributed by atoms with Gasteiger partial charge in [0, 0.05) is 24.5 Å². The number of Topliss-reactive ketones (excluding diaryl/α,β-unsaturated/α-hetero) is 1. The van der Waals surface area contributed by atoms with Crippen LogP contribution < -0.4 is 0 Å². The number of rotatable bonds is 6. The van der Waals surface area contributed by atoms with Crippen LogP contribution in [0, 0.1) is 5.82 Å². The van der Waals surface area contributed by atoms with E-state index in [1.165, 1.54) is 17.0 Å². The summed E-state index contributed by atoms with van der Waals surface area (Å²) >= 11 is 0. The van der Waals surface area contributed by atoms with Crippen molar-refractivity contribution in [2.45, 2.75) is 25.8 Å². The zero-order valence-electron chi connectivity index (χ0n) is 17.7. The SMILES string of the molecule is CCc1ccc(/C(O)=C2/C(=O)C(=O)N(CCc3ccc(F)cc3)C2c2cccnc2)cc1. The van der Waals surface area contributed by atoms with Crippen molar-refractivity contribution in [3.8, 4) is 0 Å². The van der Waals surface area contributed by atoms with E-state index in [0.717, 1.165) is 17.5 Å². The second kappa shape index (κ2) is 9.14. The summed E-state index contributed by atoms with van der Waals surface area (Å²) in [6.45, 7) is 2.27. The highest BCUT2D eigenvalue weighted by Gasteiger charge is 2.45. The Hall–Kier alpha value is -3.80. The standard InChI is InChI=1S/C26H23FN2O3/c1-2-17-5-9-19(10-6-17)24(30)22-23(20-4-3-14-28-16-20)29(26(32)25(22)31)15-13-18-7-11-21(27)12-8-18/h3-12,14,16,23,30H,2,13,15H2,1H3/b24-22-. The number of aliphatic hydroxyl groups excluding tert-OH is 1. The highest BCUT2D eigenvalue weighted by atomic mass is 19.1. The van der Waals surface area contributed by atoms with E-state index in [9.17, 15) is 19.1 Å². The molecule has 1 saturated heterocycles. The van der Waals surface area contributed by atoms with Crippen molar-refractivity contribution in [1.82, 2.24) is 9.88 Å². The second-order valence-corrected chi connectivity index (χ2v) is 7.71. The maximum atomic E-state index is 13.2. The van der Waals surface area contributed by atoms with Crippen LogP contribution in [0.2, 0.25) is 0 Å². The van der Waals surface area contributed by atoms with E-state index >= 15 is 0 Å². The van der Waals surface area contributed by atoms with Crippen molar-refractivity contribution in [2.24, 2.45) is 0 Å². The summed E-state index contributed by atoms with van der Waals surface area (Å²) in [4.78, 5) is 31.6. The summed E-state index contributed by atoms with van der Waals surface area (Å²) in [5.41, 5.74) is 3.11. The summed E-state index contributed by atoms with van der Waals surface area (Å²) in [5.74, 6) is -1.94. The van der Waals surface area contributed by atoms with E-state index in [4.69, 9.17) is 0 Å². The predicted octanol–water partition coefficient (Wildman–Crippen LogP) is 4.45. The normalized spacial score (nSPS) is 17.7. The van der Waals surface area contributed by atoms with Crippen molar-refractivity contribution >= 4 is 17.4 Å². The van der Waals surface area contributed by atoms with E-state index < -0.39 is 17.7 Å². The highest BCUT2D eigenvalue weighted by Crippen LogP contribution is 2.39. The van der Waals surface area contributed by atoms with Gasteiger partial charge in [0.25, 0.3) is 11.7 Å². The molecule has 5 nitrogen and oxygen atoms in total. The van der Waals surface area contributed by atoms with Crippen LogP contribution in [0.4, 0.5) is 4.39 Å². The number of carbonyl (C=O) groups excluding carboxylic acids is 2. The number of aromatic nitrogens is 1. The molecule has 0 aliphatic carbocycles. The molecule has 1 N–H and O–H groups in total. The molecular formula is C26H23FN2O3. The number of amides is 1. The summed E-state index contributed by atoms with van der Waals surface area (Å²) in [6, 6.07) is 16.1. The van der Waals surface area contributed by atoms with E-state index in [1.54, 1.807) is 48.8 Å². The number of hydrogen-bond acceptors (Lipinski definition) is 4. The van der Waals surface area contributed by atoms with Crippen LogP contribution in [0.3, 0.4) is 0 Å². The zero-order chi connectivity index (χ0) is 22.7. The molecule has 2 aromatic carbocycles. The molecule has 1 aromatic heterocycles. The number of halogens is 1. The van der Waals surface area contributed by atoms with Gasteiger partial charge < -0.3 is 10.0 Å². The van der Waals surface area contributed by atoms with Gasteiger partial charge in [0.1, 0.15) is 11.6 Å². The van der Waals surface area contributed by atoms with Crippen molar-refractivity contribution < 1.29 is 19.1 Å². The smallest absolute Gasteiger partial charge is 0.295 e. The molecule has 1 atom stereocenters. The molecule has 1 amide bonds. The Balaban J connectivity index is 1.73. The highest BCUT2D eigenvalue weighted by molar-refractivity contribution is 6.46. The number of benzene rings is 2. The van der Waals surface area contributed by atoms with Gasteiger partial charge in [0.15, 0.2) is 0 Å². The monoisotopic (exact) mass is 430 g/mol. The number of hydrogen-bond donors (Lipinski definition) is 1. The Bertz CT molecular complexity index is 1160. The van der Waals surface area contributed by atoms with Gasteiger partial charge in [-0.05, 0) is 47.7 Å². The summed E-state index contributed by atoms with van der Waals surface area (Å²) in [5, 5.41) is 11.1. The van der Waals surface area contributed by atoms with Crippen molar-refractivity contribution in [1.29, 1.82) is 0 Å². The third kappa shape index (κ3) is 4.17. The number of likely N-dealkylation sites (tertiary alicyclic amines) is 1. The van der Waals surface area contributed by atoms with Crippen LogP contribution >= 0.6 is 0 Å². The minimum Gasteiger partial charge on any atom is -0.507 e. The number of aliphatic hydroxyl groups is 1. The fourth-order valence-corrected chi connectivity index (χ4v) is 3.95. The molecule has 3 aromatic rings. The first-order chi connectivity index (χ1) is 15.5. The molecule has 4 rings (SSSR count). The third-order valence-electron chi connectivity index (χ3n) is 5.73. The van der Waals surface area contributed by atoms with E-state index in [1.807, 2.05) is 19.1 Å². The molecule has 0 saturated carbocycles. The molecule has 162 valence electrons. The molecule has 0 bridgehead atoms. The van der Waals surface area contributed by atoms with Crippen LogP contribution in [-0.2, 0) is 22.4 Å². The summed E-state index contributed by atoms with van der Waals surface area (Å²) in [7, 11) is 0. The summed E-state index contributed by atoms with van der Waals surface area (Å²) < 4.78 is 13.2. The number of nitrogens with zero attached hydrogens (tertiary/aromatic N) is 2. The molecule has 6 heteroatoms. The Labute approximate surface area is 185 Å². The molecule has 1 aliphatic rings. The van der Waals surface area contributed by atoms with Crippen molar-refractivity contribution in [3.63, 3.8) is 0 Å². The Kier molecular flexibility index (Phi) is 6.12. The largest absolute Gasteiger partial charge is 0.507 e. The Morgan fingerprint density at radius 1 is 1.03 bits per heavy atom. The van der Waals surface area contributed by atoms with Gasteiger partial charge in [-0.15, -0.1) is 0 Å². The number of carbonyl (C=O) groups is 2. The van der Waals surface area contributed by atoms with Gasteiger partial charge in [-0.3, -0.25) is 14.6 Å². The zero-order valence-corrected chi connectivity index (χ0v) is 17.7. The lowest BCUT2D eigenvalue weighted by atomic mass is 9.95. The van der Waals surface area contributed by atoms with Crippen LogP contribution in [0.15, 0.2) is 78.6 Å². The van der Waals surface area contributed by atoms with Gasteiger partial charge in [0.05, 0.1) is 11.6 Å². The van der Waals surface area contributed by atoms with Gasteiger partial charge >= 0.3 is 0 Å². The van der Waals surface area contributed by atoms with E-state index in [-0.39, 0.29) is 23.7 Å². The molecule has 0 spiro atoms. The van der Waals surface area contributed by atoms with Gasteiger partial charge in [-0.1, -0.05) is 49.4 Å². The minimum absolute atomic E-state index is 0.0476. The van der Waals surface area contributed by atoms with E-state index in [2.05, 4.69) is 4.98 Å². The van der Waals surface area contributed by atoms with Crippen LogP contribution in [0.1, 0.15) is 35.2 Å². The van der Waals surface area contributed by atoms with E-state index in [0.29, 0.717) is 17.5 Å². The van der Waals surface area contributed by atoms with Crippen LogP contribution in [0.25, 0.3) is 5.76 Å². The molecular weight excluding hydrogens is 407 g/mol. The second-order valence-electron chi connectivity index (χ2n) is 7.71. The quantitative estimate of drug-likeness (QED) is 0.356. The number of aryl methyl sites for hydroxylation is 1. The lowest BCUT2D eigenvalue weighted by Crippen LogP contribution is -2.31. The van der Waals surface area contributed by atoms with Gasteiger partial charge in [-0.2, -0.15) is 0 Å². The average molecular weight is 430 g/mol. The minimum atomic E-state index is -0.755. The first kappa shape index (κ1) is 21.4. The number of ketones is 1. The lowest BCUT2D eigenvalue weighted by Gasteiger charge is -2.25. The topological polar surface area (TPSA) is 70.5 Å². The first-order valence-corrected chi connectivity index (χ1v) is 10.5.